The molecule has 0 saturated heterocycles. The van der Waals surface area contributed by atoms with Crippen molar-refractivity contribution in [3.8, 4) is 0 Å². The fourth-order valence-corrected chi connectivity index (χ4v) is 0. The van der Waals surface area contributed by atoms with E-state index >= 15 is 0 Å². The van der Waals surface area contributed by atoms with Gasteiger partial charge in [-0.2, -0.15) is 0 Å². The van der Waals surface area contributed by atoms with Gasteiger partial charge in [-0.15, -0.1) is 0 Å². The van der Waals surface area contributed by atoms with Gasteiger partial charge in [-0.25, -0.2) is 4.79 Å². The minimum absolute atomic E-state index is 0. The molecule has 0 amide bonds. The number of rotatable bonds is 0. The van der Waals surface area contributed by atoms with Gasteiger partial charge in [0.25, 0.3) is 0 Å². The molecule has 0 unspecified atom stereocenters. The molecule has 0 aliphatic rings. The van der Waals surface area contributed by atoms with Crippen molar-refractivity contribution in [2.75, 3.05) is 0 Å². The summed E-state index contributed by atoms with van der Waals surface area (Å²) >= 11 is 0. The molecule has 3 nitrogen and oxygen atoms in total. The maximum atomic E-state index is 8.56. The molecular weight excluding hydrogens is 189 g/mol. The van der Waals surface area contributed by atoms with Crippen LogP contribution >= 0.6 is 0 Å². The molecule has 0 fully saturated rings. The molecule has 0 aromatic rings. The van der Waals surface area contributed by atoms with Gasteiger partial charge in [0, 0.05) is 20.4 Å². The molecule has 0 aromatic carbocycles. The molecule has 36 valence electrons. The Bertz CT molecular complexity index is 37.9. The van der Waals surface area contributed by atoms with E-state index in [0.717, 1.165) is 0 Å². The molecule has 5 heteroatoms. The van der Waals surface area contributed by atoms with E-state index in [2.05, 4.69) is 0 Å². The topological polar surface area (TPSA) is 57.5 Å². The molecule has 6 heavy (non-hydrogen) atoms. The predicted octanol–water partition coefficient (Wildman–Crippen LogP) is -2.66. The number of hydrogen-bond acceptors (Lipinski definition) is 1. The third kappa shape index (κ3) is 87.7. The van der Waals surface area contributed by atoms with Crippen LogP contribution < -0.4 is 29.6 Å². The largest absolute Gasteiger partial charge is 1.00 e. The Morgan fingerprint density at radius 2 is 1.50 bits per heavy atom. The molecule has 0 spiro atoms. The van der Waals surface area contributed by atoms with Crippen molar-refractivity contribution in [2.45, 2.75) is 0 Å². The molecule has 0 aliphatic heterocycles. The third-order valence-electron chi connectivity index (χ3n) is 0. The summed E-state index contributed by atoms with van der Waals surface area (Å²) in [6.45, 7) is 0. The second kappa shape index (κ2) is 9.33. The van der Waals surface area contributed by atoms with E-state index in [0.29, 0.717) is 0 Å². The van der Waals surface area contributed by atoms with E-state index in [4.69, 9.17) is 15.0 Å². The Kier molecular flexibility index (Phi) is 24.5. The van der Waals surface area contributed by atoms with Crippen molar-refractivity contribution in [1.29, 1.82) is 0 Å². The molecule has 0 radical (unpaired) electrons. The number of hydrogen-bond donors (Lipinski definition) is 2. The summed E-state index contributed by atoms with van der Waals surface area (Å²) < 4.78 is 0. The molecule has 2 N–H and O–H groups in total. The van der Waals surface area contributed by atoms with Gasteiger partial charge >= 0.3 is 35.7 Å². The minimum atomic E-state index is -1.83. The zero-order chi connectivity index (χ0) is 3.58. The second-order valence-electron chi connectivity index (χ2n) is 0.283. The summed E-state index contributed by atoms with van der Waals surface area (Å²) in [5.41, 5.74) is 0. The average molecular weight is 192 g/mol. The van der Waals surface area contributed by atoms with E-state index < -0.39 is 6.16 Å². The SMILES string of the molecule is O=C(O)O.[H-].[Na+].[Pd]. The summed E-state index contributed by atoms with van der Waals surface area (Å²) in [6.07, 6.45) is -1.83. The minimum Gasteiger partial charge on any atom is -1.00 e. The molecule has 0 atom stereocenters. The van der Waals surface area contributed by atoms with E-state index in [9.17, 15) is 0 Å². The Balaban J connectivity index is -0.0000000150. The van der Waals surface area contributed by atoms with Gasteiger partial charge in [-0.1, -0.05) is 0 Å². The van der Waals surface area contributed by atoms with Crippen molar-refractivity contribution >= 4 is 6.16 Å². The molecule has 0 saturated carbocycles. The zero-order valence-electron chi connectivity index (χ0n) is 4.12. The first kappa shape index (κ1) is 15.8. The first-order valence-corrected chi connectivity index (χ1v) is 0.651. The maximum absolute atomic E-state index is 8.56. The Morgan fingerprint density at radius 1 is 1.50 bits per heavy atom. The molecule has 0 rings (SSSR count). The van der Waals surface area contributed by atoms with Crippen molar-refractivity contribution in [3.05, 3.63) is 0 Å². The Morgan fingerprint density at radius 3 is 1.50 bits per heavy atom. The van der Waals surface area contributed by atoms with Crippen molar-refractivity contribution in [2.24, 2.45) is 0 Å². The summed E-state index contributed by atoms with van der Waals surface area (Å²) in [4.78, 5) is 8.56. The van der Waals surface area contributed by atoms with Crippen LogP contribution in [0.1, 0.15) is 1.43 Å². The monoisotopic (exact) mass is 192 g/mol. The first-order chi connectivity index (χ1) is 1.73. The molecular formula is CH3NaO3Pd. The van der Waals surface area contributed by atoms with Crippen molar-refractivity contribution < 1.29 is 66.4 Å². The van der Waals surface area contributed by atoms with Gasteiger partial charge < -0.3 is 11.6 Å². The zero-order valence-corrected chi connectivity index (χ0v) is 6.67. The van der Waals surface area contributed by atoms with Gasteiger partial charge in [-0.3, -0.25) is 0 Å². The van der Waals surface area contributed by atoms with Gasteiger partial charge in [0.15, 0.2) is 0 Å². The summed E-state index contributed by atoms with van der Waals surface area (Å²) in [5, 5.41) is 13.9. The molecule has 0 heterocycles. The predicted molar refractivity (Wildman–Crippen MR) is 11.8 cm³/mol. The third-order valence-corrected chi connectivity index (χ3v) is 0. The summed E-state index contributed by atoms with van der Waals surface area (Å²) in [7, 11) is 0. The van der Waals surface area contributed by atoms with Crippen LogP contribution in [0.5, 0.6) is 0 Å². The van der Waals surface area contributed by atoms with Gasteiger partial charge in [0.1, 0.15) is 0 Å². The quantitative estimate of drug-likeness (QED) is 0.412. The first-order valence-electron chi connectivity index (χ1n) is 0.651. The van der Waals surface area contributed by atoms with Crippen LogP contribution in [0.15, 0.2) is 0 Å². The molecule has 0 bridgehead atoms. The van der Waals surface area contributed by atoms with Gasteiger partial charge in [0.05, 0.1) is 0 Å². The van der Waals surface area contributed by atoms with E-state index in [1.54, 1.807) is 0 Å². The van der Waals surface area contributed by atoms with Crippen LogP contribution in [0.25, 0.3) is 0 Å². The Labute approximate surface area is 72.2 Å². The van der Waals surface area contributed by atoms with Crippen LogP contribution in [0, 0.1) is 0 Å². The van der Waals surface area contributed by atoms with Gasteiger partial charge in [0.2, 0.25) is 0 Å². The summed E-state index contributed by atoms with van der Waals surface area (Å²) in [6, 6.07) is 0. The average Bonchev–Trinajstić information content (AvgIpc) is 0.811. The van der Waals surface area contributed by atoms with Crippen LogP contribution in [0.2, 0.25) is 0 Å². The molecule has 0 aliphatic carbocycles. The van der Waals surface area contributed by atoms with E-state index in [-0.39, 0.29) is 51.4 Å². The van der Waals surface area contributed by atoms with Gasteiger partial charge in [-0.05, 0) is 0 Å². The molecule has 0 aromatic heterocycles. The van der Waals surface area contributed by atoms with Crippen LogP contribution in [-0.4, -0.2) is 16.4 Å². The maximum Gasteiger partial charge on any atom is 1.00 e. The fourth-order valence-electron chi connectivity index (χ4n) is 0. The van der Waals surface area contributed by atoms with Crippen LogP contribution in [0.3, 0.4) is 0 Å². The standard InChI is InChI=1S/CH2O3.Na.Pd.H/c2-1(3)4;;;/h(H2,2,3,4);;;/q;+1;;-1. The van der Waals surface area contributed by atoms with E-state index in [1.807, 2.05) is 0 Å². The van der Waals surface area contributed by atoms with Crippen LogP contribution in [0.4, 0.5) is 4.79 Å². The van der Waals surface area contributed by atoms with Crippen LogP contribution in [-0.2, 0) is 20.4 Å². The smallest absolute Gasteiger partial charge is 1.00 e. The second-order valence-corrected chi connectivity index (χ2v) is 0.283. The summed E-state index contributed by atoms with van der Waals surface area (Å²) in [5.74, 6) is 0. The van der Waals surface area contributed by atoms with Crippen molar-refractivity contribution in [3.63, 3.8) is 0 Å². The number of carboxylic acid groups (broad SMARTS) is 2. The van der Waals surface area contributed by atoms with E-state index in [1.165, 1.54) is 0 Å². The number of carbonyl (C=O) groups is 1. The normalized spacial score (nSPS) is 4.00. The fraction of sp³-hybridized carbons (Fsp3) is 0. The Hall–Kier alpha value is 0.932. The van der Waals surface area contributed by atoms with Crippen molar-refractivity contribution in [1.82, 2.24) is 0 Å².